The van der Waals surface area contributed by atoms with Gasteiger partial charge in [0.15, 0.2) is 5.60 Å². The Bertz CT molecular complexity index is 1160. The van der Waals surface area contributed by atoms with Crippen molar-refractivity contribution in [3.05, 3.63) is 94.8 Å². The number of halogens is 1. The highest BCUT2D eigenvalue weighted by Gasteiger charge is 2.51. The number of carbonyl (C=O) groups is 2. The van der Waals surface area contributed by atoms with Crippen molar-refractivity contribution in [2.45, 2.75) is 19.4 Å². The van der Waals surface area contributed by atoms with Gasteiger partial charge in [-0.25, -0.2) is 4.39 Å². The van der Waals surface area contributed by atoms with Crippen LogP contribution < -0.4 is 10.2 Å². The van der Waals surface area contributed by atoms with Crippen molar-refractivity contribution in [3.63, 3.8) is 0 Å². The first kappa shape index (κ1) is 19.8. The van der Waals surface area contributed by atoms with Gasteiger partial charge in [-0.1, -0.05) is 48.0 Å². The number of hydrogen-bond acceptors (Lipinski definition) is 3. The quantitative estimate of drug-likeness (QED) is 0.697. The predicted octanol–water partition coefficient (Wildman–Crippen LogP) is 3.66. The van der Waals surface area contributed by atoms with Crippen LogP contribution in [0.25, 0.3) is 0 Å². The molecule has 152 valence electrons. The Morgan fingerprint density at radius 3 is 2.57 bits per heavy atom. The van der Waals surface area contributed by atoms with Gasteiger partial charge in [-0.2, -0.15) is 0 Å². The number of hydrogen-bond donors (Lipinski definition) is 2. The molecule has 0 fully saturated rings. The molecule has 1 aliphatic heterocycles. The summed E-state index contributed by atoms with van der Waals surface area (Å²) in [5.41, 5.74) is 1.45. The summed E-state index contributed by atoms with van der Waals surface area (Å²) < 4.78 is 13.8. The summed E-state index contributed by atoms with van der Waals surface area (Å²) in [4.78, 5) is 27.2. The Balaban J connectivity index is 1.66. The van der Waals surface area contributed by atoms with Gasteiger partial charge in [-0.05, 0) is 43.7 Å². The highest BCUT2D eigenvalue weighted by Crippen LogP contribution is 2.44. The fraction of sp³-hybridized carbons (Fsp3) is 0.167. The highest BCUT2D eigenvalue weighted by molar-refractivity contribution is 6.12. The van der Waals surface area contributed by atoms with Crippen LogP contribution in [0.1, 0.15) is 22.3 Å². The Kier molecular flexibility index (Phi) is 4.87. The zero-order chi connectivity index (χ0) is 21.5. The van der Waals surface area contributed by atoms with Crippen molar-refractivity contribution in [2.75, 3.05) is 16.8 Å². The number of nitrogens with zero attached hydrogens (tertiary/aromatic N) is 1. The van der Waals surface area contributed by atoms with Crippen LogP contribution >= 0.6 is 0 Å². The normalized spacial score (nSPS) is 17.7. The maximum absolute atomic E-state index is 13.8. The van der Waals surface area contributed by atoms with Crippen LogP contribution in [0, 0.1) is 19.7 Å². The number of fused-ring (bicyclic) bond motifs is 1. The van der Waals surface area contributed by atoms with Gasteiger partial charge in [0, 0.05) is 16.8 Å². The Hall–Kier alpha value is -3.51. The molecule has 1 aliphatic rings. The number of amides is 2. The van der Waals surface area contributed by atoms with Gasteiger partial charge in [0.05, 0.1) is 5.69 Å². The lowest BCUT2D eigenvalue weighted by molar-refractivity contribution is -0.133. The van der Waals surface area contributed by atoms with Gasteiger partial charge in [0.1, 0.15) is 12.4 Å². The number of rotatable bonds is 4. The summed E-state index contributed by atoms with van der Waals surface area (Å²) in [7, 11) is 0. The number of anilines is 2. The van der Waals surface area contributed by atoms with E-state index < -0.39 is 23.2 Å². The lowest BCUT2D eigenvalue weighted by atomic mass is 9.87. The minimum atomic E-state index is -2.06. The lowest BCUT2D eigenvalue weighted by Crippen LogP contribution is -2.44. The SMILES string of the molecule is Cc1ccc(NC(=O)CN2C(=O)C(O)(c3cccc(F)c3)c3ccccc32)c(C)c1. The molecular formula is C24H21FN2O3. The zero-order valence-corrected chi connectivity index (χ0v) is 16.6. The molecule has 0 aliphatic carbocycles. The third-order valence-electron chi connectivity index (χ3n) is 5.34. The monoisotopic (exact) mass is 404 g/mol. The molecule has 0 saturated carbocycles. The number of benzene rings is 3. The predicted molar refractivity (Wildman–Crippen MR) is 113 cm³/mol. The molecule has 0 aromatic heterocycles. The van der Waals surface area contributed by atoms with E-state index in [0.717, 1.165) is 17.2 Å². The molecule has 2 amide bonds. The standard InChI is InChI=1S/C24H21FN2O3/c1-15-10-11-20(16(2)12-15)26-22(28)14-27-21-9-4-3-8-19(21)24(30,23(27)29)17-6-5-7-18(25)13-17/h3-13,30H,14H2,1-2H3,(H,26,28). The highest BCUT2D eigenvalue weighted by atomic mass is 19.1. The number of para-hydroxylation sites is 1. The molecule has 0 radical (unpaired) electrons. The molecule has 2 N–H and O–H groups in total. The van der Waals surface area contributed by atoms with Gasteiger partial charge < -0.3 is 10.4 Å². The first-order chi connectivity index (χ1) is 14.3. The summed E-state index contributed by atoms with van der Waals surface area (Å²) in [5.74, 6) is -1.64. The Labute approximate surface area is 173 Å². The zero-order valence-electron chi connectivity index (χ0n) is 16.6. The fourth-order valence-electron chi connectivity index (χ4n) is 3.87. The first-order valence-corrected chi connectivity index (χ1v) is 9.57. The van der Waals surface area contributed by atoms with Crippen molar-refractivity contribution in [3.8, 4) is 0 Å². The van der Waals surface area contributed by atoms with Crippen LogP contribution in [0.5, 0.6) is 0 Å². The van der Waals surface area contributed by atoms with Crippen LogP contribution in [0.15, 0.2) is 66.7 Å². The van der Waals surface area contributed by atoms with E-state index in [0.29, 0.717) is 16.9 Å². The number of aryl methyl sites for hydroxylation is 2. The Morgan fingerprint density at radius 2 is 1.83 bits per heavy atom. The summed E-state index contributed by atoms with van der Waals surface area (Å²) in [6.07, 6.45) is 0. The van der Waals surface area contributed by atoms with E-state index in [1.165, 1.54) is 23.1 Å². The fourth-order valence-corrected chi connectivity index (χ4v) is 3.87. The van der Waals surface area contributed by atoms with E-state index in [1.54, 1.807) is 24.3 Å². The molecule has 3 aromatic rings. The number of aliphatic hydroxyl groups is 1. The minimum absolute atomic E-state index is 0.122. The smallest absolute Gasteiger partial charge is 0.268 e. The summed E-state index contributed by atoms with van der Waals surface area (Å²) in [6.45, 7) is 3.58. The second-order valence-corrected chi connectivity index (χ2v) is 7.50. The van der Waals surface area contributed by atoms with Crippen LogP contribution in [0.3, 0.4) is 0 Å². The van der Waals surface area contributed by atoms with Crippen molar-refractivity contribution in [1.82, 2.24) is 0 Å². The average Bonchev–Trinajstić information content (AvgIpc) is 2.93. The number of carbonyl (C=O) groups excluding carboxylic acids is 2. The van der Waals surface area contributed by atoms with E-state index in [9.17, 15) is 19.1 Å². The number of nitrogens with one attached hydrogen (secondary N) is 1. The van der Waals surface area contributed by atoms with Crippen LogP contribution in [0.2, 0.25) is 0 Å². The van der Waals surface area contributed by atoms with E-state index in [2.05, 4.69) is 5.32 Å². The topological polar surface area (TPSA) is 69.6 Å². The van der Waals surface area contributed by atoms with Crippen LogP contribution in [-0.4, -0.2) is 23.5 Å². The lowest BCUT2D eigenvalue weighted by Gasteiger charge is -2.23. The van der Waals surface area contributed by atoms with E-state index >= 15 is 0 Å². The summed E-state index contributed by atoms with van der Waals surface area (Å²) in [5, 5.41) is 14.2. The second-order valence-electron chi connectivity index (χ2n) is 7.50. The van der Waals surface area contributed by atoms with Gasteiger partial charge in [-0.15, -0.1) is 0 Å². The molecule has 3 aromatic carbocycles. The van der Waals surface area contributed by atoms with Crippen molar-refractivity contribution < 1.29 is 19.1 Å². The molecule has 1 heterocycles. The largest absolute Gasteiger partial charge is 0.372 e. The van der Waals surface area contributed by atoms with E-state index in [-0.39, 0.29) is 12.1 Å². The van der Waals surface area contributed by atoms with Crippen LogP contribution in [-0.2, 0) is 15.2 Å². The molecule has 30 heavy (non-hydrogen) atoms. The van der Waals surface area contributed by atoms with Gasteiger partial charge in [0.25, 0.3) is 5.91 Å². The second kappa shape index (κ2) is 7.39. The van der Waals surface area contributed by atoms with Gasteiger partial charge in [-0.3, -0.25) is 14.5 Å². The summed E-state index contributed by atoms with van der Waals surface area (Å²) in [6, 6.07) is 17.6. The van der Waals surface area contributed by atoms with Crippen molar-refractivity contribution in [2.24, 2.45) is 0 Å². The third-order valence-corrected chi connectivity index (χ3v) is 5.34. The van der Waals surface area contributed by atoms with Crippen LogP contribution in [0.4, 0.5) is 15.8 Å². The molecule has 1 atom stereocenters. The molecule has 0 bridgehead atoms. The summed E-state index contributed by atoms with van der Waals surface area (Å²) >= 11 is 0. The van der Waals surface area contributed by atoms with E-state index in [4.69, 9.17) is 0 Å². The molecular weight excluding hydrogens is 383 g/mol. The first-order valence-electron chi connectivity index (χ1n) is 9.57. The maximum atomic E-state index is 13.8. The van der Waals surface area contributed by atoms with Crippen molar-refractivity contribution in [1.29, 1.82) is 0 Å². The van der Waals surface area contributed by atoms with E-state index in [1.807, 2.05) is 32.0 Å². The molecule has 0 saturated heterocycles. The third kappa shape index (κ3) is 3.25. The average molecular weight is 404 g/mol. The Morgan fingerprint density at radius 1 is 1.07 bits per heavy atom. The minimum Gasteiger partial charge on any atom is -0.372 e. The maximum Gasteiger partial charge on any atom is 0.268 e. The molecule has 5 nitrogen and oxygen atoms in total. The molecule has 6 heteroatoms. The molecule has 0 spiro atoms. The van der Waals surface area contributed by atoms with Gasteiger partial charge >= 0.3 is 0 Å². The molecule has 4 rings (SSSR count). The molecule has 1 unspecified atom stereocenters. The van der Waals surface area contributed by atoms with Crippen molar-refractivity contribution >= 4 is 23.2 Å². The van der Waals surface area contributed by atoms with Gasteiger partial charge in [0.2, 0.25) is 5.91 Å².